The maximum Gasteiger partial charge on any atom is 0.203 e. The van der Waals surface area contributed by atoms with E-state index >= 15 is 0 Å². The number of aromatic nitrogens is 1. The van der Waals surface area contributed by atoms with Gasteiger partial charge in [-0.25, -0.2) is 4.98 Å². The smallest absolute Gasteiger partial charge is 0.203 e. The number of thioether (sulfide) groups is 1. The summed E-state index contributed by atoms with van der Waals surface area (Å²) >= 11 is 2.52. The molecule has 0 unspecified atom stereocenters. The van der Waals surface area contributed by atoms with Gasteiger partial charge < -0.3 is 0 Å². The lowest BCUT2D eigenvalue weighted by molar-refractivity contribution is -0.121. The molecule has 2 aromatic rings. The predicted octanol–water partition coefficient (Wildman–Crippen LogP) is 2.89. The van der Waals surface area contributed by atoms with Gasteiger partial charge in [0.25, 0.3) is 0 Å². The molecule has 0 saturated heterocycles. The fraction of sp³-hybridized carbons (Fsp3) is 0.182. The van der Waals surface area contributed by atoms with E-state index in [-0.39, 0.29) is 17.3 Å². The summed E-state index contributed by atoms with van der Waals surface area (Å²) in [6.07, 6.45) is -0.0272. The van der Waals surface area contributed by atoms with E-state index in [1.165, 1.54) is 18.3 Å². The van der Waals surface area contributed by atoms with Gasteiger partial charge in [-0.05, 0) is 30.8 Å². The summed E-state index contributed by atoms with van der Waals surface area (Å²) in [6.45, 7) is 1.41. The van der Waals surface area contributed by atoms with E-state index < -0.39 is 0 Å². The number of Topliss-reactive ketones (excluding diaryl/α,β-unsaturated/α-hetero) is 1. The molecule has 5 heteroatoms. The number of nitrogens with zero attached hydrogens (tertiary/aromatic N) is 1. The number of hydrogen-bond donors (Lipinski definition) is 0. The van der Waals surface area contributed by atoms with Crippen molar-refractivity contribution in [3.63, 3.8) is 0 Å². The quantitative estimate of drug-likeness (QED) is 0.621. The Balaban J connectivity index is 2.15. The molecule has 82 valence electrons. The van der Waals surface area contributed by atoms with Gasteiger partial charge in [0.1, 0.15) is 5.78 Å². The SMILES string of the molecule is CC(=O)CC(=O)Sc1nc2ccccc2s1. The lowest BCUT2D eigenvalue weighted by atomic mass is 10.3. The highest BCUT2D eigenvalue weighted by Crippen LogP contribution is 2.30. The largest absolute Gasteiger partial charge is 0.300 e. The minimum atomic E-state index is -0.147. The Morgan fingerprint density at radius 2 is 2.12 bits per heavy atom. The number of para-hydroxylation sites is 1. The predicted molar refractivity (Wildman–Crippen MR) is 65.8 cm³/mol. The Labute approximate surface area is 101 Å². The molecule has 3 nitrogen and oxygen atoms in total. The third-order valence-corrected chi connectivity index (χ3v) is 3.84. The average molecular weight is 251 g/mol. The number of carbonyl (C=O) groups is 2. The molecule has 0 aliphatic carbocycles. The lowest BCUT2D eigenvalue weighted by Gasteiger charge is -1.92. The molecule has 0 bridgehead atoms. The number of carbonyl (C=O) groups excluding carboxylic acids is 2. The van der Waals surface area contributed by atoms with Gasteiger partial charge >= 0.3 is 0 Å². The number of ketones is 1. The molecule has 0 aliphatic rings. The van der Waals surface area contributed by atoms with Crippen LogP contribution in [0, 0.1) is 0 Å². The lowest BCUT2D eigenvalue weighted by Crippen LogP contribution is -1.98. The first kappa shape index (κ1) is 11.3. The molecule has 0 spiro atoms. The molecule has 1 aromatic heterocycles. The van der Waals surface area contributed by atoms with Crippen LogP contribution in [0.4, 0.5) is 0 Å². The summed E-state index contributed by atoms with van der Waals surface area (Å²) in [5, 5.41) is -0.147. The standard InChI is InChI=1S/C11H9NO2S2/c1-7(13)6-10(14)16-11-12-8-4-2-3-5-9(8)15-11/h2-5H,6H2,1H3. The minimum Gasteiger partial charge on any atom is -0.300 e. The van der Waals surface area contributed by atoms with Gasteiger partial charge in [0, 0.05) is 0 Å². The summed E-state index contributed by atoms with van der Waals surface area (Å²) < 4.78 is 1.76. The molecule has 2 rings (SSSR count). The van der Waals surface area contributed by atoms with Gasteiger partial charge in [-0.3, -0.25) is 9.59 Å². The first-order valence-corrected chi connectivity index (χ1v) is 6.34. The molecule has 0 radical (unpaired) electrons. The van der Waals surface area contributed by atoms with Crippen LogP contribution < -0.4 is 0 Å². The van der Waals surface area contributed by atoms with Gasteiger partial charge in [-0.15, -0.1) is 11.3 Å². The first-order valence-electron chi connectivity index (χ1n) is 4.71. The zero-order valence-electron chi connectivity index (χ0n) is 8.60. The van der Waals surface area contributed by atoms with Crippen molar-refractivity contribution in [1.29, 1.82) is 0 Å². The highest BCUT2D eigenvalue weighted by molar-refractivity contribution is 8.15. The van der Waals surface area contributed by atoms with Gasteiger partial charge in [0.2, 0.25) is 5.12 Å². The van der Waals surface area contributed by atoms with E-state index in [2.05, 4.69) is 4.98 Å². The number of fused-ring (bicyclic) bond motifs is 1. The van der Waals surface area contributed by atoms with Gasteiger partial charge in [0.05, 0.1) is 16.6 Å². The van der Waals surface area contributed by atoms with Crippen LogP contribution >= 0.6 is 23.1 Å². The summed E-state index contributed by atoms with van der Waals surface area (Å²) in [6, 6.07) is 7.72. The molecule has 0 amide bonds. The van der Waals surface area contributed by atoms with Gasteiger partial charge in [-0.2, -0.15) is 0 Å². The number of benzene rings is 1. The number of thiazole rings is 1. The molecule has 0 saturated carbocycles. The molecule has 0 N–H and O–H groups in total. The van der Waals surface area contributed by atoms with E-state index in [0.29, 0.717) is 4.34 Å². The van der Waals surface area contributed by atoms with Crippen LogP contribution in [-0.2, 0) is 9.59 Å². The topological polar surface area (TPSA) is 47.0 Å². The van der Waals surface area contributed by atoms with Crippen LogP contribution in [0.2, 0.25) is 0 Å². The fourth-order valence-corrected chi connectivity index (χ4v) is 3.26. The van der Waals surface area contributed by atoms with Crippen LogP contribution in [0.1, 0.15) is 13.3 Å². The highest BCUT2D eigenvalue weighted by Gasteiger charge is 2.11. The van der Waals surface area contributed by atoms with Crippen LogP contribution in [0.25, 0.3) is 10.2 Å². The molecule has 1 aromatic carbocycles. The second kappa shape index (κ2) is 4.76. The molecular weight excluding hydrogens is 242 g/mol. The van der Waals surface area contributed by atoms with E-state index in [1.54, 1.807) is 0 Å². The van der Waals surface area contributed by atoms with Crippen molar-refractivity contribution >= 4 is 44.2 Å². The van der Waals surface area contributed by atoms with Crippen molar-refractivity contribution in [2.24, 2.45) is 0 Å². The summed E-state index contributed by atoms with van der Waals surface area (Å²) in [5.41, 5.74) is 0.894. The summed E-state index contributed by atoms with van der Waals surface area (Å²) in [7, 11) is 0. The van der Waals surface area contributed by atoms with Crippen molar-refractivity contribution < 1.29 is 9.59 Å². The Hall–Kier alpha value is -1.20. The molecule has 0 fully saturated rings. The third kappa shape index (κ3) is 2.68. The van der Waals surface area contributed by atoms with E-state index in [1.807, 2.05) is 24.3 Å². The van der Waals surface area contributed by atoms with E-state index in [9.17, 15) is 9.59 Å². The van der Waals surface area contributed by atoms with Crippen molar-refractivity contribution in [2.45, 2.75) is 17.7 Å². The maximum atomic E-state index is 11.4. The fourth-order valence-electron chi connectivity index (χ4n) is 1.23. The zero-order chi connectivity index (χ0) is 11.5. The van der Waals surface area contributed by atoms with E-state index in [0.717, 1.165) is 22.0 Å². The average Bonchev–Trinajstić information content (AvgIpc) is 2.57. The molecule has 1 heterocycles. The van der Waals surface area contributed by atoms with Crippen molar-refractivity contribution in [2.75, 3.05) is 0 Å². The monoisotopic (exact) mass is 251 g/mol. The van der Waals surface area contributed by atoms with Crippen LogP contribution in [0.5, 0.6) is 0 Å². The van der Waals surface area contributed by atoms with Gasteiger partial charge in [0.15, 0.2) is 4.34 Å². The Morgan fingerprint density at radius 1 is 1.38 bits per heavy atom. The normalized spacial score (nSPS) is 10.6. The zero-order valence-corrected chi connectivity index (χ0v) is 10.2. The molecule has 0 aliphatic heterocycles. The number of rotatable bonds is 3. The second-order valence-electron chi connectivity index (χ2n) is 3.30. The van der Waals surface area contributed by atoms with Crippen LogP contribution in [-0.4, -0.2) is 15.9 Å². The van der Waals surface area contributed by atoms with Crippen molar-refractivity contribution in [3.05, 3.63) is 24.3 Å². The van der Waals surface area contributed by atoms with Crippen molar-refractivity contribution in [1.82, 2.24) is 4.98 Å². The Bertz CT molecular complexity index is 515. The summed E-state index contributed by atoms with van der Waals surface area (Å²) in [5.74, 6) is -0.112. The number of hydrogen-bond acceptors (Lipinski definition) is 5. The Kier molecular flexibility index (Phi) is 3.36. The van der Waals surface area contributed by atoms with Crippen LogP contribution in [0.3, 0.4) is 0 Å². The maximum absolute atomic E-state index is 11.4. The van der Waals surface area contributed by atoms with Crippen molar-refractivity contribution in [3.8, 4) is 0 Å². The van der Waals surface area contributed by atoms with Crippen LogP contribution in [0.15, 0.2) is 28.6 Å². The third-order valence-electron chi connectivity index (χ3n) is 1.87. The Morgan fingerprint density at radius 3 is 2.81 bits per heavy atom. The minimum absolute atomic E-state index is 0.0272. The molecule has 16 heavy (non-hydrogen) atoms. The molecular formula is C11H9NO2S2. The molecule has 0 atom stereocenters. The second-order valence-corrected chi connectivity index (χ2v) is 5.64. The highest BCUT2D eigenvalue weighted by atomic mass is 32.2. The summed E-state index contributed by atoms with van der Waals surface area (Å²) in [4.78, 5) is 26.5. The first-order chi connectivity index (χ1) is 7.65. The van der Waals surface area contributed by atoms with Gasteiger partial charge in [-0.1, -0.05) is 12.1 Å². The van der Waals surface area contributed by atoms with E-state index in [4.69, 9.17) is 0 Å².